The summed E-state index contributed by atoms with van der Waals surface area (Å²) in [6.07, 6.45) is 1.91. The smallest absolute Gasteiger partial charge is 0.231 e. The van der Waals surface area contributed by atoms with Gasteiger partial charge in [-0.2, -0.15) is 0 Å². The molecule has 4 heteroatoms. The van der Waals surface area contributed by atoms with Crippen LogP contribution in [-0.4, -0.2) is 25.5 Å². The van der Waals surface area contributed by atoms with Gasteiger partial charge in [0, 0.05) is 18.8 Å². The lowest BCUT2D eigenvalue weighted by Gasteiger charge is -2.32. The number of rotatable bonds is 2. The number of anilines is 1. The van der Waals surface area contributed by atoms with E-state index < -0.39 is 0 Å². The number of carbonyl (C=O) groups is 1. The second-order valence-electron chi connectivity index (χ2n) is 4.87. The van der Waals surface area contributed by atoms with E-state index in [9.17, 15) is 9.18 Å². The van der Waals surface area contributed by atoms with Crippen molar-refractivity contribution in [2.45, 2.75) is 25.8 Å². The Balaban J connectivity index is 2.13. The van der Waals surface area contributed by atoms with Gasteiger partial charge in [-0.1, -0.05) is 6.07 Å². The number of nitrogens with zero attached hydrogens (tertiary/aromatic N) is 1. The maximum absolute atomic E-state index is 13.2. The van der Waals surface area contributed by atoms with Crippen LogP contribution in [0.15, 0.2) is 24.3 Å². The number of nitrogens with one attached hydrogen (secondary N) is 1. The highest BCUT2D eigenvalue weighted by atomic mass is 19.1. The molecule has 2 rings (SSSR count). The monoisotopic (exact) mass is 250 g/mol. The Morgan fingerprint density at radius 2 is 2.28 bits per heavy atom. The molecule has 0 spiro atoms. The van der Waals surface area contributed by atoms with Crippen LogP contribution >= 0.6 is 0 Å². The van der Waals surface area contributed by atoms with E-state index in [0.29, 0.717) is 5.69 Å². The third kappa shape index (κ3) is 2.70. The second-order valence-corrected chi connectivity index (χ2v) is 4.87. The van der Waals surface area contributed by atoms with Crippen LogP contribution in [0.25, 0.3) is 0 Å². The van der Waals surface area contributed by atoms with Crippen LogP contribution in [0.3, 0.4) is 0 Å². The number of hydrogen-bond donors (Lipinski definition) is 1. The summed E-state index contributed by atoms with van der Waals surface area (Å²) in [5, 5.41) is 3.31. The number of amides is 1. The van der Waals surface area contributed by atoms with Crippen molar-refractivity contribution in [1.29, 1.82) is 0 Å². The standard InChI is InChI=1S/C14H19FN2O/c1-10-13(7-4-8-16-10)14(18)17(2)12-6-3-5-11(15)9-12/h3,5-6,9-10,13,16H,4,7-8H2,1-2H3. The summed E-state index contributed by atoms with van der Waals surface area (Å²) in [7, 11) is 1.71. The Kier molecular flexibility index (Phi) is 3.97. The lowest BCUT2D eigenvalue weighted by atomic mass is 9.90. The maximum atomic E-state index is 13.2. The molecule has 1 aliphatic rings. The van der Waals surface area contributed by atoms with Crippen molar-refractivity contribution in [3.05, 3.63) is 30.1 Å². The molecular formula is C14H19FN2O. The van der Waals surface area contributed by atoms with E-state index in [4.69, 9.17) is 0 Å². The van der Waals surface area contributed by atoms with Crippen LogP contribution < -0.4 is 10.2 Å². The lowest BCUT2D eigenvalue weighted by Crippen LogP contribution is -2.47. The average molecular weight is 250 g/mol. The van der Waals surface area contributed by atoms with Crippen molar-refractivity contribution in [2.24, 2.45) is 5.92 Å². The topological polar surface area (TPSA) is 32.3 Å². The Hall–Kier alpha value is -1.42. The molecule has 18 heavy (non-hydrogen) atoms. The maximum Gasteiger partial charge on any atom is 0.231 e. The molecule has 3 nitrogen and oxygen atoms in total. The Morgan fingerprint density at radius 3 is 2.94 bits per heavy atom. The fourth-order valence-electron chi connectivity index (χ4n) is 2.44. The van der Waals surface area contributed by atoms with Gasteiger partial charge in [0.1, 0.15) is 5.82 Å². The number of benzene rings is 1. The summed E-state index contributed by atoms with van der Waals surface area (Å²) in [4.78, 5) is 13.9. The number of halogens is 1. The van der Waals surface area contributed by atoms with Crippen molar-refractivity contribution in [2.75, 3.05) is 18.5 Å². The van der Waals surface area contributed by atoms with Crippen molar-refractivity contribution < 1.29 is 9.18 Å². The minimum atomic E-state index is -0.318. The van der Waals surface area contributed by atoms with Crippen LogP contribution in [0.1, 0.15) is 19.8 Å². The van der Waals surface area contributed by atoms with Crippen LogP contribution in [0.2, 0.25) is 0 Å². The molecule has 0 bridgehead atoms. The molecule has 1 heterocycles. The van der Waals surface area contributed by atoms with Gasteiger partial charge in [0.25, 0.3) is 0 Å². The Morgan fingerprint density at radius 1 is 1.50 bits per heavy atom. The molecule has 1 fully saturated rings. The van der Waals surface area contributed by atoms with E-state index in [1.165, 1.54) is 12.1 Å². The molecule has 1 N–H and O–H groups in total. The highest BCUT2D eigenvalue weighted by molar-refractivity contribution is 5.95. The third-order valence-corrected chi connectivity index (χ3v) is 3.61. The lowest BCUT2D eigenvalue weighted by molar-refractivity contribution is -0.123. The first-order chi connectivity index (χ1) is 8.59. The van der Waals surface area contributed by atoms with Gasteiger partial charge in [0.2, 0.25) is 5.91 Å². The van der Waals surface area contributed by atoms with E-state index in [0.717, 1.165) is 19.4 Å². The molecule has 0 saturated carbocycles. The molecule has 1 amide bonds. The van der Waals surface area contributed by atoms with Crippen molar-refractivity contribution in [3.8, 4) is 0 Å². The SMILES string of the molecule is CC1NCCCC1C(=O)N(C)c1cccc(F)c1. The summed E-state index contributed by atoms with van der Waals surface area (Å²) < 4.78 is 13.2. The molecule has 0 radical (unpaired) electrons. The second kappa shape index (κ2) is 5.48. The molecule has 2 unspecified atom stereocenters. The number of hydrogen-bond acceptors (Lipinski definition) is 2. The zero-order valence-corrected chi connectivity index (χ0v) is 10.8. The zero-order valence-electron chi connectivity index (χ0n) is 10.8. The van der Waals surface area contributed by atoms with Crippen LogP contribution in [0.5, 0.6) is 0 Å². The normalized spacial score (nSPS) is 23.7. The average Bonchev–Trinajstić information content (AvgIpc) is 2.37. The first kappa shape index (κ1) is 13.0. The zero-order chi connectivity index (χ0) is 13.1. The highest BCUT2D eigenvalue weighted by Crippen LogP contribution is 2.22. The van der Waals surface area contributed by atoms with Gasteiger partial charge in [-0.15, -0.1) is 0 Å². The van der Waals surface area contributed by atoms with Gasteiger partial charge >= 0.3 is 0 Å². The molecule has 0 aromatic heterocycles. The molecular weight excluding hydrogens is 231 g/mol. The van der Waals surface area contributed by atoms with Crippen LogP contribution in [0.4, 0.5) is 10.1 Å². The summed E-state index contributed by atoms with van der Waals surface area (Å²) in [6.45, 7) is 3.00. The molecule has 2 atom stereocenters. The van der Waals surface area contributed by atoms with Gasteiger partial charge in [0.05, 0.1) is 5.92 Å². The highest BCUT2D eigenvalue weighted by Gasteiger charge is 2.30. The van der Waals surface area contributed by atoms with E-state index in [2.05, 4.69) is 5.32 Å². The van der Waals surface area contributed by atoms with Gasteiger partial charge < -0.3 is 10.2 Å². The van der Waals surface area contributed by atoms with Crippen molar-refractivity contribution in [3.63, 3.8) is 0 Å². The molecule has 98 valence electrons. The molecule has 1 saturated heterocycles. The quantitative estimate of drug-likeness (QED) is 0.872. The summed E-state index contributed by atoms with van der Waals surface area (Å²) >= 11 is 0. The Bertz CT molecular complexity index is 436. The predicted molar refractivity (Wildman–Crippen MR) is 70.0 cm³/mol. The van der Waals surface area contributed by atoms with Gasteiger partial charge in [-0.3, -0.25) is 4.79 Å². The van der Waals surface area contributed by atoms with E-state index in [1.54, 1.807) is 24.1 Å². The van der Waals surface area contributed by atoms with Gasteiger partial charge in [-0.25, -0.2) is 4.39 Å². The minimum Gasteiger partial charge on any atom is -0.315 e. The van der Waals surface area contributed by atoms with Crippen LogP contribution in [-0.2, 0) is 4.79 Å². The third-order valence-electron chi connectivity index (χ3n) is 3.61. The van der Waals surface area contributed by atoms with Gasteiger partial charge in [-0.05, 0) is 44.5 Å². The molecule has 0 aliphatic carbocycles. The number of piperidine rings is 1. The van der Waals surface area contributed by atoms with Crippen molar-refractivity contribution >= 4 is 11.6 Å². The van der Waals surface area contributed by atoms with E-state index in [-0.39, 0.29) is 23.7 Å². The number of carbonyl (C=O) groups excluding carboxylic acids is 1. The van der Waals surface area contributed by atoms with Gasteiger partial charge in [0.15, 0.2) is 0 Å². The molecule has 1 aromatic rings. The minimum absolute atomic E-state index is 0.0213. The summed E-state index contributed by atoms with van der Waals surface area (Å²) in [5.74, 6) is -0.283. The molecule has 1 aliphatic heterocycles. The summed E-state index contributed by atoms with van der Waals surface area (Å²) in [5.41, 5.74) is 0.609. The predicted octanol–water partition coefficient (Wildman–Crippen LogP) is 2.18. The van der Waals surface area contributed by atoms with E-state index >= 15 is 0 Å². The van der Waals surface area contributed by atoms with E-state index in [1.807, 2.05) is 6.92 Å². The van der Waals surface area contributed by atoms with Crippen LogP contribution in [0, 0.1) is 11.7 Å². The Labute approximate surface area is 107 Å². The fourth-order valence-corrected chi connectivity index (χ4v) is 2.44. The fraction of sp³-hybridized carbons (Fsp3) is 0.500. The van der Waals surface area contributed by atoms with Crippen molar-refractivity contribution in [1.82, 2.24) is 5.32 Å². The molecule has 1 aromatic carbocycles. The largest absolute Gasteiger partial charge is 0.315 e. The first-order valence-corrected chi connectivity index (χ1v) is 6.36. The summed E-state index contributed by atoms with van der Waals surface area (Å²) in [6, 6.07) is 6.33. The first-order valence-electron chi connectivity index (χ1n) is 6.36.